The van der Waals surface area contributed by atoms with Crippen LogP contribution in [0, 0.1) is 5.92 Å². The molecule has 4 heterocycles. The fourth-order valence-corrected chi connectivity index (χ4v) is 4.36. The molecule has 29 heavy (non-hydrogen) atoms. The van der Waals surface area contributed by atoms with E-state index in [0.717, 1.165) is 54.9 Å². The summed E-state index contributed by atoms with van der Waals surface area (Å²) in [6.07, 6.45) is 4.03. The molecular weight excluding hydrogens is 366 g/mol. The number of aryl methyl sites for hydroxylation is 1. The number of aromatic amines is 1. The van der Waals surface area contributed by atoms with Crippen LogP contribution in [-0.4, -0.2) is 51.5 Å². The molecule has 7 heteroatoms. The summed E-state index contributed by atoms with van der Waals surface area (Å²) in [7, 11) is 0. The SMILES string of the molecule is CC1CCn2cc(C(=O)N3CCN(c4ccc5[nH]c(=O)ccc5c4)CC3)nc2C1. The largest absolute Gasteiger partial charge is 0.368 e. The van der Waals surface area contributed by atoms with Crippen molar-refractivity contribution in [3.8, 4) is 0 Å². The van der Waals surface area contributed by atoms with Crippen LogP contribution in [0.5, 0.6) is 0 Å². The standard InChI is InChI=1S/C22H25N5O2/c1-15-6-7-27-14-19(23-20(27)12-15)22(29)26-10-8-25(9-11-26)17-3-4-18-16(13-17)2-5-21(28)24-18/h2-5,13-15H,6-12H2,1H3,(H,24,28). The van der Waals surface area contributed by atoms with Crippen LogP contribution in [0.2, 0.25) is 0 Å². The van der Waals surface area contributed by atoms with E-state index in [9.17, 15) is 9.59 Å². The Kier molecular flexibility index (Phi) is 4.38. The molecule has 0 spiro atoms. The molecule has 0 bridgehead atoms. The Balaban J connectivity index is 1.27. The van der Waals surface area contributed by atoms with Gasteiger partial charge in [0, 0.05) is 68.0 Å². The van der Waals surface area contributed by atoms with Crippen LogP contribution in [-0.2, 0) is 13.0 Å². The summed E-state index contributed by atoms with van der Waals surface area (Å²) in [5.74, 6) is 1.71. The van der Waals surface area contributed by atoms with Gasteiger partial charge in [-0.1, -0.05) is 6.92 Å². The Morgan fingerprint density at radius 1 is 1.10 bits per heavy atom. The highest BCUT2D eigenvalue weighted by Gasteiger charge is 2.26. The van der Waals surface area contributed by atoms with Gasteiger partial charge < -0.3 is 19.4 Å². The number of nitrogens with zero attached hydrogens (tertiary/aromatic N) is 4. The molecule has 3 aromatic rings. The molecular formula is C22H25N5O2. The number of carbonyl (C=O) groups is 1. The maximum atomic E-state index is 12.9. The van der Waals surface area contributed by atoms with Crippen LogP contribution in [0.4, 0.5) is 5.69 Å². The molecule has 1 unspecified atom stereocenters. The topological polar surface area (TPSA) is 74.2 Å². The van der Waals surface area contributed by atoms with Crippen molar-refractivity contribution in [1.82, 2.24) is 19.4 Å². The molecule has 2 aliphatic heterocycles. The molecule has 1 N–H and O–H groups in total. The molecule has 0 radical (unpaired) electrons. The third-order valence-electron chi connectivity index (χ3n) is 6.11. The van der Waals surface area contributed by atoms with E-state index in [1.807, 2.05) is 29.3 Å². The first-order valence-electron chi connectivity index (χ1n) is 10.3. The molecule has 2 aliphatic rings. The minimum absolute atomic E-state index is 0.0373. The van der Waals surface area contributed by atoms with E-state index in [-0.39, 0.29) is 11.5 Å². The summed E-state index contributed by atoms with van der Waals surface area (Å²) >= 11 is 0. The van der Waals surface area contributed by atoms with E-state index in [1.165, 1.54) is 0 Å². The van der Waals surface area contributed by atoms with Crippen molar-refractivity contribution in [2.24, 2.45) is 5.92 Å². The number of nitrogens with one attached hydrogen (secondary N) is 1. The monoisotopic (exact) mass is 391 g/mol. The summed E-state index contributed by atoms with van der Waals surface area (Å²) in [5, 5.41) is 1.01. The molecule has 7 nitrogen and oxygen atoms in total. The van der Waals surface area contributed by atoms with Gasteiger partial charge in [0.1, 0.15) is 11.5 Å². The van der Waals surface area contributed by atoms with Gasteiger partial charge in [-0.25, -0.2) is 4.98 Å². The van der Waals surface area contributed by atoms with Gasteiger partial charge in [0.2, 0.25) is 5.56 Å². The zero-order valence-electron chi connectivity index (χ0n) is 16.6. The fraction of sp³-hybridized carbons (Fsp3) is 0.409. The second-order valence-electron chi connectivity index (χ2n) is 8.21. The van der Waals surface area contributed by atoms with Crippen LogP contribution in [0.15, 0.2) is 41.3 Å². The van der Waals surface area contributed by atoms with E-state index < -0.39 is 0 Å². The number of amides is 1. The van der Waals surface area contributed by atoms with Gasteiger partial charge in [-0.05, 0) is 36.6 Å². The van der Waals surface area contributed by atoms with Crippen LogP contribution in [0.1, 0.15) is 29.7 Å². The Labute approximate surface area is 169 Å². The molecule has 1 fully saturated rings. The Bertz CT molecular complexity index is 1120. The van der Waals surface area contributed by atoms with Gasteiger partial charge >= 0.3 is 0 Å². The van der Waals surface area contributed by atoms with Crippen molar-refractivity contribution >= 4 is 22.5 Å². The number of imidazole rings is 1. The maximum absolute atomic E-state index is 12.9. The number of hydrogen-bond acceptors (Lipinski definition) is 4. The molecule has 1 saturated heterocycles. The lowest BCUT2D eigenvalue weighted by Crippen LogP contribution is -2.48. The molecule has 2 aromatic heterocycles. The summed E-state index contributed by atoms with van der Waals surface area (Å²) < 4.78 is 2.14. The zero-order chi connectivity index (χ0) is 20.0. The van der Waals surface area contributed by atoms with E-state index in [0.29, 0.717) is 24.7 Å². The van der Waals surface area contributed by atoms with Gasteiger partial charge in [0.15, 0.2) is 0 Å². The number of hydrogen-bond donors (Lipinski definition) is 1. The maximum Gasteiger partial charge on any atom is 0.274 e. The predicted molar refractivity (Wildman–Crippen MR) is 112 cm³/mol. The number of carbonyl (C=O) groups excluding carboxylic acids is 1. The molecule has 1 aromatic carbocycles. The van der Waals surface area contributed by atoms with E-state index in [4.69, 9.17) is 0 Å². The second kappa shape index (κ2) is 7.06. The summed E-state index contributed by atoms with van der Waals surface area (Å²) in [6.45, 7) is 6.12. The highest BCUT2D eigenvalue weighted by Crippen LogP contribution is 2.23. The first kappa shape index (κ1) is 18.0. The molecule has 1 amide bonds. The highest BCUT2D eigenvalue weighted by molar-refractivity contribution is 5.92. The lowest BCUT2D eigenvalue weighted by molar-refractivity contribution is 0.0741. The normalized spacial score (nSPS) is 19.4. The van der Waals surface area contributed by atoms with Gasteiger partial charge in [-0.15, -0.1) is 0 Å². The van der Waals surface area contributed by atoms with Gasteiger partial charge in [0.05, 0.1) is 0 Å². The number of pyridine rings is 1. The number of rotatable bonds is 2. The van der Waals surface area contributed by atoms with Crippen molar-refractivity contribution in [3.05, 3.63) is 58.4 Å². The zero-order valence-corrected chi connectivity index (χ0v) is 16.6. The minimum Gasteiger partial charge on any atom is -0.368 e. The molecule has 1 atom stereocenters. The highest BCUT2D eigenvalue weighted by atomic mass is 16.2. The van der Waals surface area contributed by atoms with Crippen molar-refractivity contribution in [2.45, 2.75) is 26.3 Å². The van der Waals surface area contributed by atoms with Crippen LogP contribution in [0.25, 0.3) is 10.9 Å². The van der Waals surface area contributed by atoms with Crippen molar-refractivity contribution in [2.75, 3.05) is 31.1 Å². The molecule has 0 saturated carbocycles. The van der Waals surface area contributed by atoms with Gasteiger partial charge in [-0.2, -0.15) is 0 Å². The number of fused-ring (bicyclic) bond motifs is 2. The average molecular weight is 391 g/mol. The van der Waals surface area contributed by atoms with Gasteiger partial charge in [0.25, 0.3) is 5.91 Å². The van der Waals surface area contributed by atoms with E-state index in [2.05, 4.69) is 32.4 Å². The Hall–Kier alpha value is -3.09. The first-order valence-corrected chi connectivity index (χ1v) is 10.3. The van der Waals surface area contributed by atoms with Crippen molar-refractivity contribution in [3.63, 3.8) is 0 Å². The van der Waals surface area contributed by atoms with Crippen LogP contribution >= 0.6 is 0 Å². The number of H-pyrrole nitrogens is 1. The fourth-order valence-electron chi connectivity index (χ4n) is 4.36. The quantitative estimate of drug-likeness (QED) is 0.727. The van der Waals surface area contributed by atoms with Gasteiger partial charge in [-0.3, -0.25) is 9.59 Å². The molecule has 150 valence electrons. The Morgan fingerprint density at radius 3 is 2.76 bits per heavy atom. The number of anilines is 1. The predicted octanol–water partition coefficient (Wildman–Crippen LogP) is 2.27. The second-order valence-corrected chi connectivity index (χ2v) is 8.21. The summed E-state index contributed by atoms with van der Waals surface area (Å²) in [5.41, 5.74) is 2.45. The average Bonchev–Trinajstić information content (AvgIpc) is 3.16. The summed E-state index contributed by atoms with van der Waals surface area (Å²) in [4.78, 5) is 36.1. The third kappa shape index (κ3) is 3.41. The lowest BCUT2D eigenvalue weighted by Gasteiger charge is -2.36. The number of piperazine rings is 1. The Morgan fingerprint density at radius 2 is 1.93 bits per heavy atom. The van der Waals surface area contributed by atoms with Crippen molar-refractivity contribution < 1.29 is 4.79 Å². The lowest BCUT2D eigenvalue weighted by atomic mass is 10.0. The summed E-state index contributed by atoms with van der Waals surface area (Å²) in [6, 6.07) is 9.46. The molecule has 5 rings (SSSR count). The first-order chi connectivity index (χ1) is 14.1. The smallest absolute Gasteiger partial charge is 0.274 e. The minimum atomic E-state index is -0.0900. The third-order valence-corrected chi connectivity index (χ3v) is 6.11. The molecule has 0 aliphatic carbocycles. The van der Waals surface area contributed by atoms with E-state index in [1.54, 1.807) is 6.07 Å². The van der Waals surface area contributed by atoms with E-state index >= 15 is 0 Å². The van der Waals surface area contributed by atoms with Crippen molar-refractivity contribution in [1.29, 1.82) is 0 Å². The van der Waals surface area contributed by atoms with Crippen LogP contribution in [0.3, 0.4) is 0 Å². The number of benzene rings is 1. The van der Waals surface area contributed by atoms with Crippen LogP contribution < -0.4 is 10.5 Å². The number of aromatic nitrogens is 3.